The summed E-state index contributed by atoms with van der Waals surface area (Å²) in [5, 5.41) is 11.9. The van der Waals surface area contributed by atoms with Crippen molar-refractivity contribution in [1.82, 2.24) is 9.78 Å². The number of rotatable bonds is 4. The molecule has 2 aromatic carbocycles. The first-order chi connectivity index (χ1) is 12.0. The van der Waals surface area contributed by atoms with Gasteiger partial charge in [-0.25, -0.2) is 0 Å². The quantitative estimate of drug-likeness (QED) is 0.633. The third-order valence-electron chi connectivity index (χ3n) is 4.00. The van der Waals surface area contributed by atoms with Crippen LogP contribution in [-0.2, 0) is 6.54 Å². The van der Waals surface area contributed by atoms with E-state index in [-0.39, 0.29) is 0 Å². The third-order valence-corrected chi connectivity index (χ3v) is 4.61. The van der Waals surface area contributed by atoms with Gasteiger partial charge in [-0.15, -0.1) is 0 Å². The number of nitrogens with zero attached hydrogens (tertiary/aromatic N) is 2. The fourth-order valence-electron chi connectivity index (χ4n) is 2.50. The van der Waals surface area contributed by atoms with Crippen molar-refractivity contribution in [3.63, 3.8) is 0 Å². The Labute approximate surface area is 157 Å². The molecular formula is C19H19ClN4S. The number of anilines is 2. The van der Waals surface area contributed by atoms with Crippen molar-refractivity contribution in [2.24, 2.45) is 0 Å². The molecule has 3 rings (SSSR count). The van der Waals surface area contributed by atoms with E-state index in [0.717, 1.165) is 23.5 Å². The molecule has 0 fully saturated rings. The molecule has 0 amide bonds. The summed E-state index contributed by atoms with van der Waals surface area (Å²) >= 11 is 11.5. The van der Waals surface area contributed by atoms with Gasteiger partial charge in [0.1, 0.15) is 0 Å². The topological polar surface area (TPSA) is 41.9 Å². The van der Waals surface area contributed by atoms with Gasteiger partial charge in [0.2, 0.25) is 0 Å². The Balaban J connectivity index is 1.64. The highest BCUT2D eigenvalue weighted by molar-refractivity contribution is 7.80. The summed E-state index contributed by atoms with van der Waals surface area (Å²) in [7, 11) is 0. The summed E-state index contributed by atoms with van der Waals surface area (Å²) < 4.78 is 1.89. The largest absolute Gasteiger partial charge is 0.332 e. The molecule has 128 valence electrons. The maximum absolute atomic E-state index is 6.13. The van der Waals surface area contributed by atoms with E-state index in [1.807, 2.05) is 48.1 Å². The average molecular weight is 371 g/mol. The van der Waals surface area contributed by atoms with E-state index in [1.165, 1.54) is 11.1 Å². The SMILES string of the molecule is Cc1ccccc1Cn1cc(NC(=S)Nc2cccc(Cl)c2C)cn1. The molecule has 1 aromatic heterocycles. The Morgan fingerprint density at radius 1 is 1.12 bits per heavy atom. The van der Waals surface area contributed by atoms with Gasteiger partial charge in [0.25, 0.3) is 0 Å². The van der Waals surface area contributed by atoms with Gasteiger partial charge in [0, 0.05) is 16.9 Å². The first-order valence-electron chi connectivity index (χ1n) is 7.93. The molecule has 0 aliphatic carbocycles. The lowest BCUT2D eigenvalue weighted by Crippen LogP contribution is -2.19. The van der Waals surface area contributed by atoms with Crippen molar-refractivity contribution in [3.8, 4) is 0 Å². The summed E-state index contributed by atoms with van der Waals surface area (Å²) in [4.78, 5) is 0. The molecule has 0 spiro atoms. The van der Waals surface area contributed by atoms with Crippen LogP contribution in [0.5, 0.6) is 0 Å². The average Bonchev–Trinajstić information content (AvgIpc) is 3.01. The van der Waals surface area contributed by atoms with Crippen molar-refractivity contribution in [2.75, 3.05) is 10.6 Å². The van der Waals surface area contributed by atoms with Gasteiger partial charge < -0.3 is 10.6 Å². The van der Waals surface area contributed by atoms with Gasteiger partial charge in [-0.2, -0.15) is 5.10 Å². The molecule has 4 nitrogen and oxygen atoms in total. The van der Waals surface area contributed by atoms with Crippen molar-refractivity contribution < 1.29 is 0 Å². The Hall–Kier alpha value is -2.37. The minimum absolute atomic E-state index is 0.501. The van der Waals surface area contributed by atoms with Crippen LogP contribution in [0, 0.1) is 13.8 Å². The van der Waals surface area contributed by atoms with Crippen LogP contribution in [-0.4, -0.2) is 14.9 Å². The number of nitrogens with one attached hydrogen (secondary N) is 2. The second-order valence-electron chi connectivity index (χ2n) is 5.84. The highest BCUT2D eigenvalue weighted by Gasteiger charge is 2.06. The first kappa shape index (κ1) is 17.5. The number of aryl methyl sites for hydroxylation is 1. The molecule has 0 radical (unpaired) electrons. The number of hydrogen-bond donors (Lipinski definition) is 2. The predicted octanol–water partition coefficient (Wildman–Crippen LogP) is 5.01. The van der Waals surface area contributed by atoms with Gasteiger partial charge in [0.05, 0.1) is 18.4 Å². The van der Waals surface area contributed by atoms with Crippen LogP contribution in [0.25, 0.3) is 0 Å². The van der Waals surface area contributed by atoms with Crippen molar-refractivity contribution in [1.29, 1.82) is 0 Å². The molecule has 0 saturated heterocycles. The summed E-state index contributed by atoms with van der Waals surface area (Å²) in [5.74, 6) is 0. The Bertz CT molecular complexity index is 904. The fourth-order valence-corrected chi connectivity index (χ4v) is 2.91. The van der Waals surface area contributed by atoms with Gasteiger partial charge in [-0.05, 0) is 54.9 Å². The number of hydrogen-bond acceptors (Lipinski definition) is 2. The number of thiocarbonyl (C=S) groups is 1. The normalized spacial score (nSPS) is 10.5. The zero-order valence-electron chi connectivity index (χ0n) is 14.1. The van der Waals surface area contributed by atoms with Crippen LogP contribution in [0.3, 0.4) is 0 Å². The molecule has 3 aromatic rings. The third kappa shape index (κ3) is 4.38. The molecule has 0 bridgehead atoms. The van der Waals surface area contributed by atoms with Crippen molar-refractivity contribution >= 4 is 40.3 Å². The van der Waals surface area contributed by atoms with Crippen LogP contribution < -0.4 is 10.6 Å². The maximum atomic E-state index is 6.13. The van der Waals surface area contributed by atoms with Gasteiger partial charge >= 0.3 is 0 Å². The van der Waals surface area contributed by atoms with Crippen LogP contribution >= 0.6 is 23.8 Å². The summed E-state index contributed by atoms with van der Waals surface area (Å²) in [6, 6.07) is 14.0. The molecule has 0 saturated carbocycles. The first-order valence-corrected chi connectivity index (χ1v) is 8.71. The monoisotopic (exact) mass is 370 g/mol. The summed E-state index contributed by atoms with van der Waals surface area (Å²) in [6.07, 6.45) is 3.70. The van der Waals surface area contributed by atoms with Crippen LogP contribution in [0.4, 0.5) is 11.4 Å². The number of benzene rings is 2. The number of aromatic nitrogens is 2. The Kier molecular flexibility index (Phi) is 5.36. The van der Waals surface area contributed by atoms with E-state index in [0.29, 0.717) is 10.1 Å². The van der Waals surface area contributed by atoms with Crippen LogP contribution in [0.15, 0.2) is 54.9 Å². The molecule has 25 heavy (non-hydrogen) atoms. The number of halogens is 1. The van der Waals surface area contributed by atoms with E-state index >= 15 is 0 Å². The minimum atomic E-state index is 0.501. The van der Waals surface area contributed by atoms with Crippen molar-refractivity contribution in [2.45, 2.75) is 20.4 Å². The molecule has 0 aliphatic heterocycles. The lowest BCUT2D eigenvalue weighted by Gasteiger charge is -2.12. The van der Waals surface area contributed by atoms with E-state index in [2.05, 4.69) is 34.8 Å². The highest BCUT2D eigenvalue weighted by atomic mass is 35.5. The molecule has 2 N–H and O–H groups in total. The highest BCUT2D eigenvalue weighted by Crippen LogP contribution is 2.23. The minimum Gasteiger partial charge on any atom is -0.332 e. The zero-order valence-corrected chi connectivity index (χ0v) is 15.7. The Morgan fingerprint density at radius 2 is 1.92 bits per heavy atom. The van der Waals surface area contributed by atoms with Gasteiger partial charge in [-0.1, -0.05) is 41.9 Å². The summed E-state index contributed by atoms with van der Waals surface area (Å²) in [6.45, 7) is 4.78. The van der Waals surface area contributed by atoms with E-state index in [9.17, 15) is 0 Å². The lowest BCUT2D eigenvalue weighted by atomic mass is 10.1. The zero-order chi connectivity index (χ0) is 17.8. The standard InChI is InChI=1S/C19H19ClN4S/c1-13-6-3-4-7-15(13)11-24-12-16(10-21-24)22-19(25)23-18-9-5-8-17(20)14(18)2/h3-10,12H,11H2,1-2H3,(H2,22,23,25). The lowest BCUT2D eigenvalue weighted by molar-refractivity contribution is 0.684. The molecule has 1 heterocycles. The second kappa shape index (κ2) is 7.68. The predicted molar refractivity (Wildman–Crippen MR) is 109 cm³/mol. The fraction of sp³-hybridized carbons (Fsp3) is 0.158. The van der Waals surface area contributed by atoms with Crippen molar-refractivity contribution in [3.05, 3.63) is 76.6 Å². The molecule has 0 unspecified atom stereocenters. The van der Waals surface area contributed by atoms with E-state index in [1.54, 1.807) is 6.20 Å². The molecule has 0 atom stereocenters. The van der Waals surface area contributed by atoms with Crippen LogP contribution in [0.1, 0.15) is 16.7 Å². The molecular weight excluding hydrogens is 352 g/mol. The van der Waals surface area contributed by atoms with Gasteiger partial charge in [-0.3, -0.25) is 4.68 Å². The molecule has 0 aliphatic rings. The van der Waals surface area contributed by atoms with Gasteiger partial charge in [0.15, 0.2) is 5.11 Å². The second-order valence-corrected chi connectivity index (χ2v) is 6.66. The van der Waals surface area contributed by atoms with Crippen LogP contribution in [0.2, 0.25) is 5.02 Å². The smallest absolute Gasteiger partial charge is 0.175 e. The maximum Gasteiger partial charge on any atom is 0.175 e. The molecule has 6 heteroatoms. The van der Waals surface area contributed by atoms with E-state index < -0.39 is 0 Å². The summed E-state index contributed by atoms with van der Waals surface area (Å²) in [5.41, 5.74) is 5.18. The van der Waals surface area contributed by atoms with E-state index in [4.69, 9.17) is 23.8 Å². The Morgan fingerprint density at radius 3 is 2.72 bits per heavy atom.